The van der Waals surface area contributed by atoms with Gasteiger partial charge in [0.05, 0.1) is 22.8 Å². The lowest BCUT2D eigenvalue weighted by molar-refractivity contribution is -0.121. The lowest BCUT2D eigenvalue weighted by atomic mass is 10.1. The Labute approximate surface area is 174 Å². The zero-order valence-electron chi connectivity index (χ0n) is 16.5. The normalized spacial score (nSPS) is 14.8. The Kier molecular flexibility index (Phi) is 6.03. The Morgan fingerprint density at radius 2 is 1.79 bits per heavy atom. The van der Waals surface area contributed by atoms with Crippen LogP contribution >= 0.6 is 11.6 Å². The Morgan fingerprint density at radius 1 is 1.10 bits per heavy atom. The van der Waals surface area contributed by atoms with E-state index in [1.165, 1.54) is 0 Å². The largest absolute Gasteiger partial charge is 0.373 e. The Bertz CT molecular complexity index is 998. The topological polar surface area (TPSA) is 78.5 Å². The van der Waals surface area contributed by atoms with Gasteiger partial charge in [0.15, 0.2) is 0 Å². The van der Waals surface area contributed by atoms with Gasteiger partial charge in [0.1, 0.15) is 6.04 Å². The van der Waals surface area contributed by atoms with Crippen LogP contribution in [0.2, 0.25) is 5.02 Å². The summed E-state index contributed by atoms with van der Waals surface area (Å²) in [7, 11) is 0. The molecule has 1 unspecified atom stereocenters. The van der Waals surface area contributed by atoms with E-state index in [9.17, 15) is 14.4 Å². The number of carbonyl (C=O) groups excluding carboxylic acids is 3. The molecule has 0 saturated carbocycles. The van der Waals surface area contributed by atoms with Crippen molar-refractivity contribution in [3.63, 3.8) is 0 Å². The summed E-state index contributed by atoms with van der Waals surface area (Å²) in [4.78, 5) is 38.6. The van der Waals surface area contributed by atoms with Gasteiger partial charge in [0, 0.05) is 11.3 Å². The maximum atomic E-state index is 12.6. The number of hydrogen-bond donors (Lipinski definition) is 2. The number of rotatable bonds is 5. The molecule has 6 nitrogen and oxygen atoms in total. The van der Waals surface area contributed by atoms with E-state index in [4.69, 9.17) is 11.6 Å². The van der Waals surface area contributed by atoms with Gasteiger partial charge in [-0.1, -0.05) is 35.4 Å². The third-order valence-electron chi connectivity index (χ3n) is 4.66. The molecule has 0 aliphatic carbocycles. The predicted octanol–water partition coefficient (Wildman–Crippen LogP) is 4.38. The van der Waals surface area contributed by atoms with Crippen LogP contribution in [0.15, 0.2) is 59.7 Å². The van der Waals surface area contributed by atoms with Crippen molar-refractivity contribution in [3.8, 4) is 0 Å². The molecule has 1 heterocycles. The molecule has 7 heteroatoms. The fourth-order valence-corrected chi connectivity index (χ4v) is 3.21. The first-order valence-electron chi connectivity index (χ1n) is 9.23. The van der Waals surface area contributed by atoms with Crippen molar-refractivity contribution < 1.29 is 14.4 Å². The molecule has 150 valence electrons. The molecule has 29 heavy (non-hydrogen) atoms. The van der Waals surface area contributed by atoms with Crippen LogP contribution in [0.5, 0.6) is 0 Å². The lowest BCUT2D eigenvalue weighted by Gasteiger charge is -2.19. The van der Waals surface area contributed by atoms with Gasteiger partial charge >= 0.3 is 0 Å². The molecule has 2 N–H and O–H groups in total. The van der Waals surface area contributed by atoms with E-state index < -0.39 is 6.04 Å². The molecule has 0 spiro atoms. The summed E-state index contributed by atoms with van der Waals surface area (Å²) in [5.41, 5.74) is 2.90. The van der Waals surface area contributed by atoms with Crippen LogP contribution in [0.25, 0.3) is 0 Å². The van der Waals surface area contributed by atoms with Gasteiger partial charge in [-0.25, -0.2) is 4.90 Å². The standard InChI is InChI=1S/C22H22ClN3O3/c1-13(2)17-12-20(27)26(22(17)29)16-9-10-18(23)19(11-16)24-14(3)21(28)25-15-7-5-4-6-8-15/h4-11,14,24H,12H2,1-3H3,(H,25,28). The Hall–Kier alpha value is -3.12. The minimum Gasteiger partial charge on any atom is -0.373 e. The smallest absolute Gasteiger partial charge is 0.261 e. The first-order chi connectivity index (χ1) is 13.8. The number of nitrogens with zero attached hydrogens (tertiary/aromatic N) is 1. The van der Waals surface area contributed by atoms with E-state index in [0.717, 1.165) is 10.5 Å². The van der Waals surface area contributed by atoms with E-state index in [2.05, 4.69) is 10.6 Å². The van der Waals surface area contributed by atoms with Crippen molar-refractivity contribution in [1.29, 1.82) is 0 Å². The Morgan fingerprint density at radius 3 is 2.41 bits per heavy atom. The van der Waals surface area contributed by atoms with Crippen LogP contribution in [0.3, 0.4) is 0 Å². The minimum absolute atomic E-state index is 0.0858. The zero-order chi connectivity index (χ0) is 21.1. The highest BCUT2D eigenvalue weighted by Crippen LogP contribution is 2.33. The van der Waals surface area contributed by atoms with E-state index in [1.807, 2.05) is 32.0 Å². The van der Waals surface area contributed by atoms with Crippen molar-refractivity contribution in [2.75, 3.05) is 15.5 Å². The molecule has 1 fully saturated rings. The van der Waals surface area contributed by atoms with Gasteiger partial charge in [0.25, 0.3) is 5.91 Å². The highest BCUT2D eigenvalue weighted by atomic mass is 35.5. The average molecular weight is 412 g/mol. The first-order valence-corrected chi connectivity index (χ1v) is 9.61. The lowest BCUT2D eigenvalue weighted by Crippen LogP contribution is -2.32. The molecule has 0 radical (unpaired) electrons. The van der Waals surface area contributed by atoms with E-state index in [1.54, 1.807) is 37.3 Å². The second-order valence-corrected chi connectivity index (χ2v) is 7.48. The maximum Gasteiger partial charge on any atom is 0.261 e. The van der Waals surface area contributed by atoms with Crippen LogP contribution in [0.1, 0.15) is 27.2 Å². The molecule has 0 aromatic heterocycles. The van der Waals surface area contributed by atoms with E-state index in [0.29, 0.717) is 27.7 Å². The van der Waals surface area contributed by atoms with Gasteiger partial charge in [-0.2, -0.15) is 0 Å². The number of imide groups is 1. The Balaban J connectivity index is 1.79. The minimum atomic E-state index is -0.596. The summed E-state index contributed by atoms with van der Waals surface area (Å²) in [5.74, 6) is -0.842. The van der Waals surface area contributed by atoms with Crippen molar-refractivity contribution >= 4 is 46.4 Å². The number of para-hydroxylation sites is 1. The maximum absolute atomic E-state index is 12.6. The molecule has 1 aliphatic heterocycles. The van der Waals surface area contributed by atoms with Gasteiger partial charge in [-0.15, -0.1) is 0 Å². The van der Waals surface area contributed by atoms with Crippen molar-refractivity contribution in [3.05, 3.63) is 64.7 Å². The van der Waals surface area contributed by atoms with Crippen molar-refractivity contribution in [1.82, 2.24) is 0 Å². The number of nitrogens with one attached hydrogen (secondary N) is 2. The molecule has 1 aliphatic rings. The summed E-state index contributed by atoms with van der Waals surface area (Å²) >= 11 is 6.27. The van der Waals surface area contributed by atoms with Crippen molar-refractivity contribution in [2.24, 2.45) is 0 Å². The van der Waals surface area contributed by atoms with Gasteiger partial charge < -0.3 is 10.6 Å². The molecule has 1 atom stereocenters. The van der Waals surface area contributed by atoms with Gasteiger partial charge in [-0.3, -0.25) is 14.4 Å². The number of anilines is 3. The summed E-state index contributed by atoms with van der Waals surface area (Å²) < 4.78 is 0. The number of halogens is 1. The molecule has 0 bridgehead atoms. The third kappa shape index (κ3) is 4.49. The number of benzene rings is 2. The molecule has 1 saturated heterocycles. The molecule has 3 rings (SSSR count). The van der Waals surface area contributed by atoms with E-state index >= 15 is 0 Å². The molecule has 2 aromatic carbocycles. The summed E-state index contributed by atoms with van der Waals surface area (Å²) in [6.45, 7) is 5.33. The highest BCUT2D eigenvalue weighted by molar-refractivity contribution is 6.34. The number of allylic oxidation sites excluding steroid dienone is 1. The van der Waals surface area contributed by atoms with Crippen LogP contribution in [0, 0.1) is 0 Å². The fraction of sp³-hybridized carbons (Fsp3) is 0.227. The summed E-state index contributed by atoms with van der Waals surface area (Å²) in [6.07, 6.45) is 0.0858. The number of hydrogen-bond acceptors (Lipinski definition) is 4. The quantitative estimate of drug-likeness (QED) is 0.565. The second-order valence-electron chi connectivity index (χ2n) is 7.08. The average Bonchev–Trinajstić information content (AvgIpc) is 2.99. The molecular formula is C22H22ClN3O3. The number of amides is 3. The summed E-state index contributed by atoms with van der Waals surface area (Å²) in [6, 6.07) is 13.3. The van der Waals surface area contributed by atoms with Crippen LogP contribution in [0.4, 0.5) is 17.1 Å². The fourth-order valence-electron chi connectivity index (χ4n) is 3.04. The van der Waals surface area contributed by atoms with Gasteiger partial charge in [-0.05, 0) is 51.1 Å². The molecule has 3 amide bonds. The van der Waals surface area contributed by atoms with Crippen LogP contribution in [-0.2, 0) is 14.4 Å². The van der Waals surface area contributed by atoms with Crippen LogP contribution in [-0.4, -0.2) is 23.8 Å². The molecular weight excluding hydrogens is 390 g/mol. The first kappa shape index (κ1) is 20.6. The zero-order valence-corrected chi connectivity index (χ0v) is 17.2. The monoisotopic (exact) mass is 411 g/mol. The highest BCUT2D eigenvalue weighted by Gasteiger charge is 2.35. The van der Waals surface area contributed by atoms with E-state index in [-0.39, 0.29) is 24.1 Å². The predicted molar refractivity (Wildman–Crippen MR) is 115 cm³/mol. The number of carbonyl (C=O) groups is 3. The van der Waals surface area contributed by atoms with Gasteiger partial charge in [0.2, 0.25) is 11.8 Å². The summed E-state index contributed by atoms with van der Waals surface area (Å²) in [5, 5.41) is 6.25. The van der Waals surface area contributed by atoms with Crippen LogP contribution < -0.4 is 15.5 Å². The SMILES string of the molecule is CC(C)=C1CC(=O)N(c2ccc(Cl)c(NC(C)C(=O)Nc3ccccc3)c2)C1=O. The van der Waals surface area contributed by atoms with Crippen molar-refractivity contribution in [2.45, 2.75) is 33.2 Å². The third-order valence-corrected chi connectivity index (χ3v) is 4.99. The molecule has 2 aromatic rings. The second kappa shape index (κ2) is 8.49.